The molecule has 5 heteroatoms. The van der Waals surface area contributed by atoms with Gasteiger partial charge in [0.1, 0.15) is 12.0 Å². The van der Waals surface area contributed by atoms with Crippen molar-refractivity contribution in [1.29, 1.82) is 0 Å². The quantitative estimate of drug-likeness (QED) is 0.485. The maximum atomic E-state index is 10.6. The Labute approximate surface area is 145 Å². The molecule has 3 aromatic rings. The van der Waals surface area contributed by atoms with Crippen LogP contribution in [0.5, 0.6) is 5.75 Å². The van der Waals surface area contributed by atoms with Crippen molar-refractivity contribution in [2.24, 2.45) is 0 Å². The molecule has 1 aromatic heterocycles. The lowest BCUT2D eigenvalue weighted by Gasteiger charge is -2.06. The predicted octanol–water partition coefficient (Wildman–Crippen LogP) is 4.50. The van der Waals surface area contributed by atoms with Gasteiger partial charge in [-0.15, -0.1) is 11.3 Å². The van der Waals surface area contributed by atoms with Crippen LogP contribution in [-0.4, -0.2) is 24.4 Å². The van der Waals surface area contributed by atoms with Gasteiger partial charge in [-0.1, -0.05) is 30.3 Å². The van der Waals surface area contributed by atoms with Crippen molar-refractivity contribution in [3.05, 3.63) is 65.5 Å². The van der Waals surface area contributed by atoms with Crippen molar-refractivity contribution in [2.45, 2.75) is 6.42 Å². The number of anilines is 1. The third-order valence-corrected chi connectivity index (χ3v) is 4.26. The molecule has 0 amide bonds. The number of hydrogen-bond acceptors (Lipinski definition) is 5. The Morgan fingerprint density at radius 1 is 1.08 bits per heavy atom. The molecule has 3 rings (SSSR count). The normalized spacial score (nSPS) is 10.3. The lowest BCUT2D eigenvalue weighted by molar-refractivity contribution is 0.112. The van der Waals surface area contributed by atoms with Gasteiger partial charge >= 0.3 is 0 Å². The number of rotatable bonds is 8. The minimum atomic E-state index is 0.615. The van der Waals surface area contributed by atoms with E-state index >= 15 is 0 Å². The maximum absolute atomic E-state index is 10.6. The summed E-state index contributed by atoms with van der Waals surface area (Å²) in [5, 5.41) is 6.30. The van der Waals surface area contributed by atoms with Crippen molar-refractivity contribution in [3.8, 4) is 17.0 Å². The lowest BCUT2D eigenvalue weighted by atomic mass is 10.2. The van der Waals surface area contributed by atoms with E-state index in [0.29, 0.717) is 12.2 Å². The molecule has 0 aliphatic rings. The van der Waals surface area contributed by atoms with E-state index in [0.717, 1.165) is 41.4 Å². The molecule has 0 fully saturated rings. The number of ether oxygens (including phenoxy) is 1. The van der Waals surface area contributed by atoms with E-state index in [1.165, 1.54) is 0 Å². The summed E-state index contributed by atoms with van der Waals surface area (Å²) >= 11 is 1.61. The van der Waals surface area contributed by atoms with Gasteiger partial charge in [-0.3, -0.25) is 4.79 Å². The van der Waals surface area contributed by atoms with E-state index in [-0.39, 0.29) is 0 Å². The van der Waals surface area contributed by atoms with Gasteiger partial charge in [0.15, 0.2) is 5.13 Å². The number of carbonyl (C=O) groups excluding carboxylic acids is 1. The molecule has 4 nitrogen and oxygen atoms in total. The van der Waals surface area contributed by atoms with Crippen LogP contribution in [0.1, 0.15) is 16.8 Å². The SMILES string of the molecule is O=Cc1ccc(OCCCNc2nc(-c3ccccc3)cs2)cc1. The molecule has 2 aromatic carbocycles. The Hall–Kier alpha value is -2.66. The molecule has 0 bridgehead atoms. The van der Waals surface area contributed by atoms with E-state index in [1.54, 1.807) is 23.5 Å². The predicted molar refractivity (Wildman–Crippen MR) is 98.0 cm³/mol. The molecule has 0 atom stereocenters. The summed E-state index contributed by atoms with van der Waals surface area (Å²) in [5.74, 6) is 0.779. The van der Waals surface area contributed by atoms with E-state index in [4.69, 9.17) is 4.74 Å². The zero-order valence-electron chi connectivity index (χ0n) is 13.1. The monoisotopic (exact) mass is 338 g/mol. The second kappa shape index (κ2) is 8.26. The highest BCUT2D eigenvalue weighted by atomic mass is 32.1. The first-order chi connectivity index (χ1) is 11.8. The van der Waals surface area contributed by atoms with Crippen molar-refractivity contribution < 1.29 is 9.53 Å². The highest BCUT2D eigenvalue weighted by Gasteiger charge is 2.03. The molecule has 0 spiro atoms. The van der Waals surface area contributed by atoms with Crippen LogP contribution < -0.4 is 10.1 Å². The second-order valence-electron chi connectivity index (χ2n) is 5.22. The summed E-state index contributed by atoms with van der Waals surface area (Å²) in [6, 6.07) is 17.3. The largest absolute Gasteiger partial charge is 0.494 e. The maximum Gasteiger partial charge on any atom is 0.183 e. The molecular formula is C19H18N2O2S. The van der Waals surface area contributed by atoms with Crippen LogP contribution in [0.15, 0.2) is 60.0 Å². The molecule has 0 saturated heterocycles. The zero-order chi connectivity index (χ0) is 16.6. The van der Waals surface area contributed by atoms with Gasteiger partial charge in [0.25, 0.3) is 0 Å². The average molecular weight is 338 g/mol. The minimum Gasteiger partial charge on any atom is -0.494 e. The van der Waals surface area contributed by atoms with Gasteiger partial charge in [0.05, 0.1) is 12.3 Å². The fourth-order valence-corrected chi connectivity index (χ4v) is 2.95. The second-order valence-corrected chi connectivity index (χ2v) is 6.08. The standard InChI is InChI=1S/C19H18N2O2S/c22-13-15-7-9-17(10-8-15)23-12-4-11-20-19-21-18(14-24-19)16-5-2-1-3-6-16/h1-3,5-10,13-14H,4,11-12H2,(H,20,21). The molecule has 122 valence electrons. The molecule has 0 aliphatic heterocycles. The van der Waals surface area contributed by atoms with Crippen LogP contribution in [-0.2, 0) is 0 Å². The molecule has 1 N–H and O–H groups in total. The topological polar surface area (TPSA) is 51.2 Å². The molecule has 0 aliphatic carbocycles. The van der Waals surface area contributed by atoms with Crippen molar-refractivity contribution >= 4 is 22.8 Å². The van der Waals surface area contributed by atoms with Gasteiger partial charge in [0.2, 0.25) is 0 Å². The average Bonchev–Trinajstić information content (AvgIpc) is 3.12. The van der Waals surface area contributed by atoms with Gasteiger partial charge in [-0.25, -0.2) is 4.98 Å². The Kier molecular flexibility index (Phi) is 5.58. The molecular weight excluding hydrogens is 320 g/mol. The summed E-state index contributed by atoms with van der Waals surface area (Å²) in [7, 11) is 0. The third kappa shape index (κ3) is 4.43. The highest BCUT2D eigenvalue weighted by Crippen LogP contribution is 2.24. The van der Waals surface area contributed by atoms with Gasteiger partial charge in [-0.2, -0.15) is 0 Å². The number of thiazole rings is 1. The Morgan fingerprint density at radius 2 is 1.88 bits per heavy atom. The third-order valence-electron chi connectivity index (χ3n) is 3.46. The van der Waals surface area contributed by atoms with Gasteiger partial charge < -0.3 is 10.1 Å². The molecule has 0 saturated carbocycles. The van der Waals surface area contributed by atoms with E-state index in [2.05, 4.69) is 27.8 Å². The number of aromatic nitrogens is 1. The number of benzene rings is 2. The Balaban J connectivity index is 1.40. The van der Waals surface area contributed by atoms with Crippen LogP contribution in [0.4, 0.5) is 5.13 Å². The van der Waals surface area contributed by atoms with Crippen molar-refractivity contribution in [2.75, 3.05) is 18.5 Å². The minimum absolute atomic E-state index is 0.615. The van der Waals surface area contributed by atoms with E-state index in [1.807, 2.05) is 30.3 Å². The van der Waals surface area contributed by atoms with Crippen LogP contribution in [0.3, 0.4) is 0 Å². The summed E-state index contributed by atoms with van der Waals surface area (Å²) in [6.07, 6.45) is 1.70. The van der Waals surface area contributed by atoms with Crippen LogP contribution in [0.2, 0.25) is 0 Å². The summed E-state index contributed by atoms with van der Waals surface area (Å²) in [4.78, 5) is 15.2. The van der Waals surface area contributed by atoms with E-state index in [9.17, 15) is 4.79 Å². The van der Waals surface area contributed by atoms with Gasteiger partial charge in [0, 0.05) is 23.1 Å². The summed E-state index contributed by atoms with van der Waals surface area (Å²) in [5.41, 5.74) is 2.78. The number of nitrogens with zero attached hydrogens (tertiary/aromatic N) is 1. The number of nitrogens with one attached hydrogen (secondary N) is 1. The Morgan fingerprint density at radius 3 is 2.62 bits per heavy atom. The number of hydrogen-bond donors (Lipinski definition) is 1. The first kappa shape index (κ1) is 16.2. The fraction of sp³-hybridized carbons (Fsp3) is 0.158. The number of carbonyl (C=O) groups is 1. The molecule has 24 heavy (non-hydrogen) atoms. The van der Waals surface area contributed by atoms with Crippen molar-refractivity contribution in [3.63, 3.8) is 0 Å². The van der Waals surface area contributed by atoms with Crippen LogP contribution in [0.25, 0.3) is 11.3 Å². The fourth-order valence-electron chi connectivity index (χ4n) is 2.20. The van der Waals surface area contributed by atoms with Crippen LogP contribution in [0, 0.1) is 0 Å². The summed E-state index contributed by atoms with van der Waals surface area (Å²) < 4.78 is 5.65. The smallest absolute Gasteiger partial charge is 0.183 e. The number of aldehydes is 1. The molecule has 1 heterocycles. The molecule has 0 radical (unpaired) electrons. The van der Waals surface area contributed by atoms with Crippen molar-refractivity contribution in [1.82, 2.24) is 4.98 Å². The highest BCUT2D eigenvalue weighted by molar-refractivity contribution is 7.14. The summed E-state index contributed by atoms with van der Waals surface area (Å²) in [6.45, 7) is 1.42. The molecule has 0 unspecified atom stereocenters. The van der Waals surface area contributed by atoms with Crippen LogP contribution >= 0.6 is 11.3 Å². The first-order valence-corrected chi connectivity index (χ1v) is 8.66. The van der Waals surface area contributed by atoms with E-state index < -0.39 is 0 Å². The Bertz CT molecular complexity index is 770. The zero-order valence-corrected chi connectivity index (χ0v) is 14.0. The van der Waals surface area contributed by atoms with Gasteiger partial charge in [-0.05, 0) is 30.7 Å². The lowest BCUT2D eigenvalue weighted by Crippen LogP contribution is -2.07. The first-order valence-electron chi connectivity index (χ1n) is 7.78.